The van der Waals surface area contributed by atoms with Crippen molar-refractivity contribution in [3.63, 3.8) is 0 Å². The van der Waals surface area contributed by atoms with Crippen molar-refractivity contribution in [1.82, 2.24) is 9.62 Å². The number of nitrogens with one attached hydrogen (secondary N) is 1. The number of sulfonamides is 1. The standard InChI is InChI=1S/C13H16Cl2N2O3S/c1-17(2)21(19,20)11-5-3-9(4-6-11)12(18)16-8-10-7-13(10,14)15/h3-6,10H,7-8H2,1-2H3,(H,16,18)/t10-/m0/s1. The Balaban J connectivity index is 2.00. The monoisotopic (exact) mass is 350 g/mol. The van der Waals surface area contributed by atoms with Crippen molar-refractivity contribution in [3.05, 3.63) is 29.8 Å². The van der Waals surface area contributed by atoms with E-state index in [1.165, 1.54) is 38.4 Å². The SMILES string of the molecule is CN(C)S(=O)(=O)c1ccc(C(=O)NC[C@@H]2CC2(Cl)Cl)cc1. The van der Waals surface area contributed by atoms with Gasteiger partial charge in [0.1, 0.15) is 4.33 Å². The minimum atomic E-state index is -3.48. The van der Waals surface area contributed by atoms with Crippen molar-refractivity contribution >= 4 is 39.1 Å². The van der Waals surface area contributed by atoms with Crippen LogP contribution in [0.3, 0.4) is 0 Å². The number of nitrogens with zero attached hydrogens (tertiary/aromatic N) is 1. The van der Waals surface area contributed by atoms with Gasteiger partial charge in [0.05, 0.1) is 4.90 Å². The van der Waals surface area contributed by atoms with Crippen LogP contribution in [0.2, 0.25) is 0 Å². The minimum absolute atomic E-state index is 0.0678. The molecule has 8 heteroatoms. The van der Waals surface area contributed by atoms with Crippen molar-refractivity contribution in [1.29, 1.82) is 0 Å². The van der Waals surface area contributed by atoms with Gasteiger partial charge in [0.25, 0.3) is 5.91 Å². The summed E-state index contributed by atoms with van der Waals surface area (Å²) in [4.78, 5) is 12.1. The Morgan fingerprint density at radius 3 is 2.29 bits per heavy atom. The lowest BCUT2D eigenvalue weighted by molar-refractivity contribution is 0.0951. The summed E-state index contributed by atoms with van der Waals surface area (Å²) in [5.74, 6) is -0.210. The van der Waals surface area contributed by atoms with E-state index in [0.717, 1.165) is 4.31 Å². The van der Waals surface area contributed by atoms with Crippen molar-refractivity contribution in [3.8, 4) is 0 Å². The molecule has 1 aliphatic carbocycles. The van der Waals surface area contributed by atoms with Crippen molar-refractivity contribution < 1.29 is 13.2 Å². The van der Waals surface area contributed by atoms with Crippen LogP contribution in [0.15, 0.2) is 29.2 Å². The van der Waals surface area contributed by atoms with E-state index in [0.29, 0.717) is 18.5 Å². The molecule has 1 N–H and O–H groups in total. The van der Waals surface area contributed by atoms with Gasteiger partial charge in [0.15, 0.2) is 0 Å². The van der Waals surface area contributed by atoms with Crippen LogP contribution >= 0.6 is 23.2 Å². The summed E-state index contributed by atoms with van der Waals surface area (Å²) in [7, 11) is -0.575. The molecule has 0 saturated heterocycles. The minimum Gasteiger partial charge on any atom is -0.352 e. The van der Waals surface area contributed by atoms with E-state index in [-0.39, 0.29) is 16.7 Å². The lowest BCUT2D eigenvalue weighted by Gasteiger charge is -2.11. The van der Waals surface area contributed by atoms with Gasteiger partial charge in [0, 0.05) is 32.1 Å². The number of alkyl halides is 2. The fraction of sp³-hybridized carbons (Fsp3) is 0.462. The molecule has 1 fully saturated rings. The van der Waals surface area contributed by atoms with Crippen LogP contribution in [0, 0.1) is 5.92 Å². The zero-order valence-electron chi connectivity index (χ0n) is 11.6. The summed E-state index contributed by atoms with van der Waals surface area (Å²) in [5, 5.41) is 2.73. The van der Waals surface area contributed by atoms with Crippen LogP contribution in [0.5, 0.6) is 0 Å². The first kappa shape index (κ1) is 16.5. The topological polar surface area (TPSA) is 66.5 Å². The summed E-state index contributed by atoms with van der Waals surface area (Å²) in [5.41, 5.74) is 0.392. The zero-order chi connectivity index (χ0) is 15.8. The predicted molar refractivity (Wildman–Crippen MR) is 82.2 cm³/mol. The Morgan fingerprint density at radius 2 is 1.86 bits per heavy atom. The molecule has 116 valence electrons. The lowest BCUT2D eigenvalue weighted by atomic mass is 10.2. The van der Waals surface area contributed by atoms with E-state index in [1.54, 1.807) is 0 Å². The zero-order valence-corrected chi connectivity index (χ0v) is 14.0. The molecule has 0 radical (unpaired) electrons. The number of carbonyl (C=O) groups excluding carboxylic acids is 1. The summed E-state index contributed by atoms with van der Waals surface area (Å²) < 4.78 is 24.2. The highest BCUT2D eigenvalue weighted by Gasteiger charge is 2.51. The summed E-state index contributed by atoms with van der Waals surface area (Å²) in [6, 6.07) is 5.78. The van der Waals surface area contributed by atoms with Gasteiger partial charge in [-0.2, -0.15) is 0 Å². The molecule has 2 rings (SSSR count). The largest absolute Gasteiger partial charge is 0.352 e. The van der Waals surface area contributed by atoms with Gasteiger partial charge in [-0.3, -0.25) is 4.79 Å². The Bertz CT molecular complexity index is 642. The molecule has 1 atom stereocenters. The highest BCUT2D eigenvalue weighted by molar-refractivity contribution is 7.89. The number of amides is 1. The molecule has 0 bridgehead atoms. The normalized spacial score (nSPS) is 20.3. The Labute approximate surface area is 134 Å². The van der Waals surface area contributed by atoms with Crippen molar-refractivity contribution in [2.45, 2.75) is 15.6 Å². The van der Waals surface area contributed by atoms with Gasteiger partial charge in [0.2, 0.25) is 10.0 Å². The maximum atomic E-state index is 11.9. The molecule has 1 aromatic carbocycles. The molecule has 1 aliphatic rings. The first-order valence-electron chi connectivity index (χ1n) is 6.33. The molecular weight excluding hydrogens is 335 g/mol. The van der Waals surface area contributed by atoms with E-state index in [2.05, 4.69) is 5.32 Å². The molecule has 1 aromatic rings. The molecular formula is C13H16Cl2N2O3S. The molecule has 1 saturated carbocycles. The molecule has 21 heavy (non-hydrogen) atoms. The van der Waals surface area contributed by atoms with Crippen molar-refractivity contribution in [2.24, 2.45) is 5.92 Å². The quantitative estimate of drug-likeness (QED) is 0.824. The van der Waals surface area contributed by atoms with Crippen LogP contribution in [0.4, 0.5) is 0 Å². The van der Waals surface area contributed by atoms with E-state index in [4.69, 9.17) is 23.2 Å². The van der Waals surface area contributed by atoms with Gasteiger partial charge < -0.3 is 5.32 Å². The van der Waals surface area contributed by atoms with Gasteiger partial charge in [-0.25, -0.2) is 12.7 Å². The Morgan fingerprint density at radius 1 is 1.33 bits per heavy atom. The summed E-state index contributed by atoms with van der Waals surface area (Å²) >= 11 is 11.8. The summed E-state index contributed by atoms with van der Waals surface area (Å²) in [6.07, 6.45) is 0.663. The molecule has 0 aromatic heterocycles. The first-order valence-corrected chi connectivity index (χ1v) is 8.53. The summed E-state index contributed by atoms with van der Waals surface area (Å²) in [6.45, 7) is 0.406. The first-order chi connectivity index (χ1) is 9.64. The van der Waals surface area contributed by atoms with Crippen molar-refractivity contribution in [2.75, 3.05) is 20.6 Å². The van der Waals surface area contributed by atoms with E-state index in [1.807, 2.05) is 0 Å². The smallest absolute Gasteiger partial charge is 0.251 e. The van der Waals surface area contributed by atoms with Crippen LogP contribution in [-0.4, -0.2) is 43.6 Å². The second-order valence-corrected chi connectivity index (χ2v) is 8.88. The number of rotatable bonds is 5. The third kappa shape index (κ3) is 3.69. The molecule has 5 nitrogen and oxygen atoms in total. The second kappa shape index (κ2) is 5.76. The predicted octanol–water partition coefficient (Wildman–Crippen LogP) is 1.86. The fourth-order valence-electron chi connectivity index (χ4n) is 1.80. The molecule has 0 aliphatic heterocycles. The third-order valence-corrected chi connectivity index (χ3v) is 6.11. The highest BCUT2D eigenvalue weighted by atomic mass is 35.5. The maximum Gasteiger partial charge on any atom is 0.251 e. The second-order valence-electron chi connectivity index (χ2n) is 5.18. The molecule has 1 amide bonds. The Kier molecular flexibility index (Phi) is 4.54. The van der Waals surface area contributed by atoms with E-state index >= 15 is 0 Å². The lowest BCUT2D eigenvalue weighted by Crippen LogP contribution is -2.27. The van der Waals surface area contributed by atoms with E-state index in [9.17, 15) is 13.2 Å². The van der Waals surface area contributed by atoms with Gasteiger partial charge >= 0.3 is 0 Å². The number of carbonyl (C=O) groups is 1. The van der Waals surface area contributed by atoms with Gasteiger partial charge in [-0.15, -0.1) is 23.2 Å². The number of benzene rings is 1. The van der Waals surface area contributed by atoms with Crippen LogP contribution in [-0.2, 0) is 10.0 Å². The van der Waals surface area contributed by atoms with E-state index < -0.39 is 14.4 Å². The number of halogens is 2. The maximum absolute atomic E-state index is 11.9. The highest BCUT2D eigenvalue weighted by Crippen LogP contribution is 2.52. The van der Waals surface area contributed by atoms with Gasteiger partial charge in [-0.05, 0) is 30.7 Å². The average Bonchev–Trinajstić information content (AvgIpc) is 3.03. The van der Waals surface area contributed by atoms with Crippen LogP contribution in [0.25, 0.3) is 0 Å². The molecule has 0 heterocycles. The van der Waals surface area contributed by atoms with Crippen LogP contribution < -0.4 is 5.32 Å². The Hall–Kier alpha value is -0.820. The number of hydrogen-bond acceptors (Lipinski definition) is 3. The molecule has 0 unspecified atom stereocenters. The average molecular weight is 351 g/mol. The van der Waals surface area contributed by atoms with Crippen LogP contribution in [0.1, 0.15) is 16.8 Å². The number of hydrogen-bond donors (Lipinski definition) is 1. The molecule has 0 spiro atoms. The third-order valence-electron chi connectivity index (χ3n) is 3.36. The van der Waals surface area contributed by atoms with Gasteiger partial charge in [-0.1, -0.05) is 0 Å². The fourth-order valence-corrected chi connectivity index (χ4v) is 3.23.